The summed E-state index contributed by atoms with van der Waals surface area (Å²) in [4.78, 5) is 13.2. The summed E-state index contributed by atoms with van der Waals surface area (Å²) in [6.07, 6.45) is 4.27. The van der Waals surface area contributed by atoms with Crippen molar-refractivity contribution in [3.8, 4) is 0 Å². The fourth-order valence-corrected chi connectivity index (χ4v) is 4.25. The fourth-order valence-electron chi connectivity index (χ4n) is 3.84. The van der Waals surface area contributed by atoms with E-state index in [-0.39, 0.29) is 11.5 Å². The van der Waals surface area contributed by atoms with Crippen LogP contribution in [-0.2, 0) is 16.0 Å². The Kier molecular flexibility index (Phi) is 4.18. The van der Waals surface area contributed by atoms with E-state index in [0.717, 1.165) is 47.7 Å². The van der Waals surface area contributed by atoms with Gasteiger partial charge in [0.05, 0.1) is 5.57 Å². The van der Waals surface area contributed by atoms with Crippen LogP contribution >= 0.6 is 15.9 Å². The van der Waals surface area contributed by atoms with Crippen LogP contribution in [0.4, 0.5) is 0 Å². The Morgan fingerprint density at radius 1 is 1.26 bits per heavy atom. The maximum absolute atomic E-state index is 13.2. The van der Waals surface area contributed by atoms with Gasteiger partial charge in [0.15, 0.2) is 5.78 Å². The fraction of sp³-hybridized carbons (Fsp3) is 0.526. The molecule has 0 bridgehead atoms. The molecule has 0 aromatic heterocycles. The highest BCUT2D eigenvalue weighted by molar-refractivity contribution is 9.10. The first-order valence-corrected chi connectivity index (χ1v) is 9.07. The molecular formula is C19H23BrO3. The van der Waals surface area contributed by atoms with Crippen molar-refractivity contribution < 1.29 is 14.6 Å². The number of aliphatic hydroxyl groups is 1. The lowest BCUT2D eigenvalue weighted by atomic mass is 9.79. The van der Waals surface area contributed by atoms with Gasteiger partial charge in [-0.3, -0.25) is 4.79 Å². The van der Waals surface area contributed by atoms with Crippen molar-refractivity contribution in [2.45, 2.75) is 64.1 Å². The monoisotopic (exact) mass is 378 g/mol. The maximum atomic E-state index is 13.2. The van der Waals surface area contributed by atoms with Crippen LogP contribution in [0.1, 0.15) is 57.6 Å². The molecule has 1 spiro atoms. The van der Waals surface area contributed by atoms with E-state index < -0.39 is 11.2 Å². The first kappa shape index (κ1) is 16.7. The molecule has 0 unspecified atom stereocenters. The molecule has 0 saturated heterocycles. The number of benzene rings is 1. The van der Waals surface area contributed by atoms with Crippen molar-refractivity contribution in [1.29, 1.82) is 0 Å². The summed E-state index contributed by atoms with van der Waals surface area (Å²) in [7, 11) is 0. The lowest BCUT2D eigenvalue weighted by Gasteiger charge is -2.42. The first-order valence-electron chi connectivity index (χ1n) is 8.28. The van der Waals surface area contributed by atoms with E-state index in [0.29, 0.717) is 5.57 Å². The average molecular weight is 379 g/mol. The van der Waals surface area contributed by atoms with Gasteiger partial charge in [0.25, 0.3) is 0 Å². The Bertz CT molecular complexity index is 682. The third kappa shape index (κ3) is 2.66. The summed E-state index contributed by atoms with van der Waals surface area (Å²) in [5.74, 6) is 0.000829. The van der Waals surface area contributed by atoms with Gasteiger partial charge in [-0.25, -0.2) is 0 Å². The minimum atomic E-state index is -0.842. The van der Waals surface area contributed by atoms with E-state index in [9.17, 15) is 9.90 Å². The molecule has 1 aliphatic heterocycles. The molecule has 0 amide bonds. The summed E-state index contributed by atoms with van der Waals surface area (Å²) < 4.78 is 7.11. The van der Waals surface area contributed by atoms with Crippen molar-refractivity contribution >= 4 is 27.3 Å². The van der Waals surface area contributed by atoms with Crippen molar-refractivity contribution in [1.82, 2.24) is 0 Å². The Labute approximate surface area is 145 Å². The number of aryl methyl sites for hydroxylation is 1. The maximum Gasteiger partial charge on any atom is 0.198 e. The minimum Gasteiger partial charge on any atom is -0.508 e. The molecule has 1 saturated carbocycles. The molecule has 1 aromatic carbocycles. The molecule has 23 heavy (non-hydrogen) atoms. The van der Waals surface area contributed by atoms with Gasteiger partial charge in [-0.05, 0) is 69.2 Å². The summed E-state index contributed by atoms with van der Waals surface area (Å²) in [5, 5.41) is 10.8. The van der Waals surface area contributed by atoms with Gasteiger partial charge < -0.3 is 9.84 Å². The number of halogens is 1. The van der Waals surface area contributed by atoms with Crippen LogP contribution < -0.4 is 0 Å². The molecule has 2 aliphatic rings. The molecule has 0 atom stereocenters. The van der Waals surface area contributed by atoms with Crippen LogP contribution in [0.2, 0.25) is 0 Å². The predicted octanol–water partition coefficient (Wildman–Crippen LogP) is 4.97. The van der Waals surface area contributed by atoms with Gasteiger partial charge in [0, 0.05) is 4.47 Å². The Morgan fingerprint density at radius 3 is 2.52 bits per heavy atom. The SMILES string of the molecule is CCc1cc(Br)ccc1C1=C(O)C(C)(C)OC2(CCCC2)C1=O. The Morgan fingerprint density at radius 2 is 1.91 bits per heavy atom. The molecule has 124 valence electrons. The normalized spacial score (nSPS) is 22.9. The van der Waals surface area contributed by atoms with E-state index in [2.05, 4.69) is 22.9 Å². The standard InChI is InChI=1S/C19H23BrO3/c1-4-12-11-13(20)7-8-14(12)15-16(21)18(2,3)23-19(17(15)22)9-5-6-10-19/h7-8,11,21H,4-6,9-10H2,1-3H3. The van der Waals surface area contributed by atoms with E-state index in [4.69, 9.17) is 4.74 Å². The van der Waals surface area contributed by atoms with Crippen molar-refractivity contribution in [2.24, 2.45) is 0 Å². The highest BCUT2D eigenvalue weighted by Crippen LogP contribution is 2.47. The van der Waals surface area contributed by atoms with E-state index >= 15 is 0 Å². The third-order valence-corrected chi connectivity index (χ3v) is 5.52. The van der Waals surface area contributed by atoms with Crippen LogP contribution in [-0.4, -0.2) is 22.1 Å². The van der Waals surface area contributed by atoms with Gasteiger partial charge in [-0.1, -0.05) is 28.9 Å². The highest BCUT2D eigenvalue weighted by Gasteiger charge is 2.53. The van der Waals surface area contributed by atoms with Crippen LogP contribution in [0.25, 0.3) is 5.57 Å². The minimum absolute atomic E-state index is 0.0520. The number of ether oxygens (including phenoxy) is 1. The Hall–Kier alpha value is -1.13. The smallest absolute Gasteiger partial charge is 0.198 e. The Balaban J connectivity index is 2.21. The zero-order valence-corrected chi connectivity index (χ0v) is 15.5. The molecule has 0 radical (unpaired) electrons. The van der Waals surface area contributed by atoms with Gasteiger partial charge in [-0.15, -0.1) is 0 Å². The average Bonchev–Trinajstić information content (AvgIpc) is 2.96. The van der Waals surface area contributed by atoms with Gasteiger partial charge in [0.2, 0.25) is 0 Å². The topological polar surface area (TPSA) is 46.5 Å². The molecule has 1 heterocycles. The number of carbonyl (C=O) groups is 1. The summed E-state index contributed by atoms with van der Waals surface area (Å²) in [5.41, 5.74) is 0.739. The van der Waals surface area contributed by atoms with Crippen LogP contribution in [0.15, 0.2) is 28.4 Å². The molecule has 1 aliphatic carbocycles. The van der Waals surface area contributed by atoms with E-state index in [1.54, 1.807) is 0 Å². The second-order valence-electron chi connectivity index (χ2n) is 7.02. The number of rotatable bonds is 2. The van der Waals surface area contributed by atoms with Crippen LogP contribution in [0, 0.1) is 0 Å². The molecule has 1 fully saturated rings. The van der Waals surface area contributed by atoms with E-state index in [1.165, 1.54) is 0 Å². The summed E-state index contributed by atoms with van der Waals surface area (Å²) in [6, 6.07) is 5.87. The van der Waals surface area contributed by atoms with Crippen molar-refractivity contribution in [2.75, 3.05) is 0 Å². The number of Topliss-reactive ketones (excluding diaryl/α,β-unsaturated/α-hetero) is 1. The number of ketones is 1. The first-order chi connectivity index (χ1) is 10.8. The van der Waals surface area contributed by atoms with Gasteiger partial charge in [-0.2, -0.15) is 0 Å². The lowest BCUT2D eigenvalue weighted by Crippen LogP contribution is -2.51. The zero-order chi connectivity index (χ0) is 16.8. The second kappa shape index (κ2) is 5.75. The molecule has 1 aromatic rings. The molecule has 1 N–H and O–H groups in total. The molecule has 4 heteroatoms. The molecule has 3 rings (SSSR count). The van der Waals surface area contributed by atoms with Crippen molar-refractivity contribution in [3.05, 3.63) is 39.6 Å². The van der Waals surface area contributed by atoms with Gasteiger partial charge in [0.1, 0.15) is 17.0 Å². The highest BCUT2D eigenvalue weighted by atomic mass is 79.9. The number of hydrogen-bond donors (Lipinski definition) is 1. The molecule has 3 nitrogen and oxygen atoms in total. The van der Waals surface area contributed by atoms with Gasteiger partial charge >= 0.3 is 0 Å². The van der Waals surface area contributed by atoms with Crippen LogP contribution in [0.3, 0.4) is 0 Å². The van der Waals surface area contributed by atoms with Crippen LogP contribution in [0.5, 0.6) is 0 Å². The largest absolute Gasteiger partial charge is 0.508 e. The second-order valence-corrected chi connectivity index (χ2v) is 7.94. The van der Waals surface area contributed by atoms with Crippen molar-refractivity contribution in [3.63, 3.8) is 0 Å². The summed E-state index contributed by atoms with van der Waals surface area (Å²) >= 11 is 3.49. The lowest BCUT2D eigenvalue weighted by molar-refractivity contribution is -0.165. The number of carbonyl (C=O) groups excluding carboxylic acids is 1. The number of aliphatic hydroxyl groups excluding tert-OH is 1. The predicted molar refractivity (Wildman–Crippen MR) is 94.4 cm³/mol. The summed E-state index contributed by atoms with van der Waals surface area (Å²) in [6.45, 7) is 5.75. The molecular weight excluding hydrogens is 356 g/mol. The third-order valence-electron chi connectivity index (χ3n) is 5.03. The quantitative estimate of drug-likeness (QED) is 0.789. The van der Waals surface area contributed by atoms with E-state index in [1.807, 2.05) is 32.0 Å². The number of hydrogen-bond acceptors (Lipinski definition) is 3. The zero-order valence-electron chi connectivity index (χ0n) is 13.9.